The minimum Gasteiger partial charge on any atom is -0.488 e. The maximum absolute atomic E-state index is 12.3. The molecule has 7 heteroatoms. The first kappa shape index (κ1) is 19.9. The first-order chi connectivity index (χ1) is 12.5. The van der Waals surface area contributed by atoms with Gasteiger partial charge in [-0.3, -0.25) is 9.69 Å². The van der Waals surface area contributed by atoms with Crippen molar-refractivity contribution >= 4 is 78.8 Å². The van der Waals surface area contributed by atoms with Gasteiger partial charge in [0.1, 0.15) is 16.7 Å². The molecule has 0 atom stereocenters. The molecule has 26 heavy (non-hydrogen) atoms. The Bertz CT molecular complexity index is 884. The number of thiocarbonyl (C=S) groups is 1. The lowest BCUT2D eigenvalue weighted by molar-refractivity contribution is -0.121. The average Bonchev–Trinajstić information content (AvgIpc) is 2.88. The molecule has 0 radical (unpaired) electrons. The van der Waals surface area contributed by atoms with Gasteiger partial charge in [0.05, 0.1) is 9.38 Å². The van der Waals surface area contributed by atoms with Crippen LogP contribution in [0.1, 0.15) is 18.1 Å². The molecule has 3 rings (SSSR count). The number of hydrogen-bond donors (Lipinski definition) is 0. The third kappa shape index (κ3) is 4.68. The van der Waals surface area contributed by atoms with Gasteiger partial charge in [-0.2, -0.15) is 0 Å². The van der Waals surface area contributed by atoms with Crippen molar-refractivity contribution in [1.29, 1.82) is 0 Å². The summed E-state index contributed by atoms with van der Waals surface area (Å²) in [5, 5.41) is 0. The van der Waals surface area contributed by atoms with E-state index in [0.717, 1.165) is 21.3 Å². The van der Waals surface area contributed by atoms with E-state index in [1.54, 1.807) is 4.90 Å². The number of carbonyl (C=O) groups excluding carboxylic acids is 1. The van der Waals surface area contributed by atoms with Gasteiger partial charge in [-0.25, -0.2) is 0 Å². The van der Waals surface area contributed by atoms with Crippen molar-refractivity contribution in [3.8, 4) is 5.75 Å². The Kier molecular flexibility index (Phi) is 6.76. The van der Waals surface area contributed by atoms with E-state index in [9.17, 15) is 4.79 Å². The van der Waals surface area contributed by atoms with Gasteiger partial charge in [0, 0.05) is 10.1 Å². The van der Waals surface area contributed by atoms with Gasteiger partial charge in [0.25, 0.3) is 5.91 Å². The molecular weight excluding hydrogens is 545 g/mol. The lowest BCUT2D eigenvalue weighted by atomic mass is 10.2. The van der Waals surface area contributed by atoms with E-state index >= 15 is 0 Å². The molecule has 0 N–H and O–H groups in total. The predicted molar refractivity (Wildman–Crippen MR) is 123 cm³/mol. The highest BCUT2D eigenvalue weighted by atomic mass is 127. The van der Waals surface area contributed by atoms with Gasteiger partial charge >= 0.3 is 0 Å². The van der Waals surface area contributed by atoms with Crippen molar-refractivity contribution in [3.05, 3.63) is 66.5 Å². The zero-order chi connectivity index (χ0) is 18.7. The number of hydrogen-bond acceptors (Lipinski definition) is 4. The SMILES string of the molecule is CCN1C(=O)/C(=C/c2ccc(OCc3ccc(I)cc3)c(Br)c2)SC1=S. The van der Waals surface area contributed by atoms with Crippen LogP contribution in [0.15, 0.2) is 51.8 Å². The molecule has 2 aromatic carbocycles. The molecule has 1 saturated heterocycles. The van der Waals surface area contributed by atoms with Crippen LogP contribution in [0.2, 0.25) is 0 Å². The second-order valence-corrected chi connectivity index (χ2v) is 9.31. The van der Waals surface area contributed by atoms with Crippen LogP contribution in [0.5, 0.6) is 5.75 Å². The summed E-state index contributed by atoms with van der Waals surface area (Å²) in [5.41, 5.74) is 2.04. The molecule has 2 aromatic rings. The summed E-state index contributed by atoms with van der Waals surface area (Å²) in [6, 6.07) is 14.0. The van der Waals surface area contributed by atoms with E-state index in [0.29, 0.717) is 22.4 Å². The molecule has 1 aliphatic rings. The van der Waals surface area contributed by atoms with Gasteiger partial charge in [-0.15, -0.1) is 0 Å². The number of thioether (sulfide) groups is 1. The van der Waals surface area contributed by atoms with E-state index in [2.05, 4.69) is 62.8 Å². The third-order valence-electron chi connectivity index (χ3n) is 3.75. The molecular formula is C19H15BrINO2S2. The summed E-state index contributed by atoms with van der Waals surface area (Å²) in [5.74, 6) is 0.736. The number of benzene rings is 2. The second kappa shape index (κ2) is 8.86. The van der Waals surface area contributed by atoms with E-state index in [4.69, 9.17) is 17.0 Å². The quantitative estimate of drug-likeness (QED) is 0.261. The Morgan fingerprint density at radius 3 is 2.62 bits per heavy atom. The normalized spacial score (nSPS) is 15.8. The van der Waals surface area contributed by atoms with Crippen LogP contribution in [0.3, 0.4) is 0 Å². The number of rotatable bonds is 5. The fourth-order valence-electron chi connectivity index (χ4n) is 2.39. The maximum Gasteiger partial charge on any atom is 0.266 e. The molecule has 3 nitrogen and oxygen atoms in total. The van der Waals surface area contributed by atoms with Gasteiger partial charge in [0.2, 0.25) is 0 Å². The van der Waals surface area contributed by atoms with Crippen LogP contribution in [0.4, 0.5) is 0 Å². The molecule has 0 spiro atoms. The number of amides is 1. The van der Waals surface area contributed by atoms with Crippen LogP contribution in [-0.4, -0.2) is 21.7 Å². The first-order valence-electron chi connectivity index (χ1n) is 7.90. The van der Waals surface area contributed by atoms with Gasteiger partial charge < -0.3 is 4.74 Å². The minimum atomic E-state index is -0.0299. The Labute approximate surface area is 184 Å². The Morgan fingerprint density at radius 2 is 2.00 bits per heavy atom. The van der Waals surface area contributed by atoms with Crippen molar-refractivity contribution in [2.75, 3.05) is 6.54 Å². The zero-order valence-corrected chi connectivity index (χ0v) is 19.2. The zero-order valence-electron chi connectivity index (χ0n) is 13.9. The fourth-order valence-corrected chi connectivity index (χ4v) is 4.64. The topological polar surface area (TPSA) is 29.5 Å². The molecule has 0 aliphatic carbocycles. The summed E-state index contributed by atoms with van der Waals surface area (Å²) >= 11 is 12.4. The molecule has 0 bridgehead atoms. The lowest BCUT2D eigenvalue weighted by Crippen LogP contribution is -2.27. The van der Waals surface area contributed by atoms with Crippen LogP contribution >= 0.6 is 62.5 Å². The molecule has 1 heterocycles. The molecule has 1 aliphatic heterocycles. The van der Waals surface area contributed by atoms with Crippen LogP contribution in [0.25, 0.3) is 6.08 Å². The van der Waals surface area contributed by atoms with Crippen LogP contribution in [0, 0.1) is 3.57 Å². The number of halogens is 2. The summed E-state index contributed by atoms with van der Waals surface area (Å²) < 4.78 is 8.55. The van der Waals surface area contributed by atoms with E-state index in [1.807, 2.05) is 31.2 Å². The standard InChI is InChI=1S/C19H15BrINO2S2/c1-2-22-18(23)17(26-19(22)25)10-13-5-8-16(15(20)9-13)24-11-12-3-6-14(21)7-4-12/h3-10H,2,11H2,1H3/b17-10-. The second-order valence-electron chi connectivity index (χ2n) is 5.53. The summed E-state index contributed by atoms with van der Waals surface area (Å²) in [6.07, 6.45) is 1.86. The monoisotopic (exact) mass is 559 g/mol. The van der Waals surface area contributed by atoms with Gasteiger partial charge in [-0.05, 0) is 86.9 Å². The van der Waals surface area contributed by atoms with Crippen molar-refractivity contribution in [1.82, 2.24) is 4.90 Å². The highest BCUT2D eigenvalue weighted by Gasteiger charge is 2.30. The first-order valence-corrected chi connectivity index (χ1v) is 11.0. The summed E-state index contributed by atoms with van der Waals surface area (Å²) in [4.78, 5) is 14.6. The Morgan fingerprint density at radius 1 is 1.27 bits per heavy atom. The van der Waals surface area contributed by atoms with Crippen molar-refractivity contribution in [2.45, 2.75) is 13.5 Å². The Hall–Kier alpha value is -0.900. The van der Waals surface area contributed by atoms with Crippen molar-refractivity contribution in [3.63, 3.8) is 0 Å². The number of ether oxygens (including phenoxy) is 1. The molecule has 0 saturated carbocycles. The predicted octanol–water partition coefficient (Wildman–Crippen LogP) is 5.85. The smallest absolute Gasteiger partial charge is 0.266 e. The molecule has 1 amide bonds. The van der Waals surface area contributed by atoms with Crippen molar-refractivity contribution < 1.29 is 9.53 Å². The van der Waals surface area contributed by atoms with E-state index in [-0.39, 0.29) is 5.91 Å². The summed E-state index contributed by atoms with van der Waals surface area (Å²) in [7, 11) is 0. The average molecular weight is 560 g/mol. The molecule has 0 aromatic heterocycles. The summed E-state index contributed by atoms with van der Waals surface area (Å²) in [6.45, 7) is 3.02. The van der Waals surface area contributed by atoms with E-state index in [1.165, 1.54) is 15.3 Å². The maximum atomic E-state index is 12.3. The van der Waals surface area contributed by atoms with Crippen LogP contribution < -0.4 is 4.74 Å². The van der Waals surface area contributed by atoms with Crippen LogP contribution in [-0.2, 0) is 11.4 Å². The minimum absolute atomic E-state index is 0.0299. The number of carbonyl (C=O) groups is 1. The molecule has 134 valence electrons. The largest absolute Gasteiger partial charge is 0.488 e. The molecule has 1 fully saturated rings. The Balaban J connectivity index is 1.71. The third-order valence-corrected chi connectivity index (χ3v) is 6.47. The van der Waals surface area contributed by atoms with Crippen molar-refractivity contribution in [2.24, 2.45) is 0 Å². The van der Waals surface area contributed by atoms with E-state index < -0.39 is 0 Å². The highest BCUT2D eigenvalue weighted by molar-refractivity contribution is 14.1. The molecule has 0 unspecified atom stereocenters. The fraction of sp³-hybridized carbons (Fsp3) is 0.158. The van der Waals surface area contributed by atoms with Gasteiger partial charge in [0.15, 0.2) is 0 Å². The lowest BCUT2D eigenvalue weighted by Gasteiger charge is -2.10. The van der Waals surface area contributed by atoms with Gasteiger partial charge in [-0.1, -0.05) is 42.2 Å². The highest BCUT2D eigenvalue weighted by Crippen LogP contribution is 2.34. The number of nitrogens with zero attached hydrogens (tertiary/aromatic N) is 1. The number of likely N-dealkylation sites (N-methyl/N-ethyl adjacent to an activating group) is 1.